The summed E-state index contributed by atoms with van der Waals surface area (Å²) in [6.45, 7) is 6.63. The number of rotatable bonds is 6. The molecule has 0 amide bonds. The maximum Gasteiger partial charge on any atom is 0.217 e. The van der Waals surface area contributed by atoms with E-state index in [0.717, 1.165) is 31.3 Å². The van der Waals surface area contributed by atoms with Crippen LogP contribution in [0.2, 0.25) is 0 Å². The first kappa shape index (κ1) is 19.2. The molecule has 1 atom stereocenters. The van der Waals surface area contributed by atoms with E-state index in [-0.39, 0.29) is 0 Å². The Kier molecular flexibility index (Phi) is 5.83. The van der Waals surface area contributed by atoms with Crippen molar-refractivity contribution in [3.8, 4) is 11.6 Å². The molecular formula is C23H31N3O2. The molecular weight excluding hydrogens is 350 g/mol. The van der Waals surface area contributed by atoms with Crippen molar-refractivity contribution < 1.29 is 9.47 Å². The number of nitrogens with zero attached hydrogens (tertiary/aromatic N) is 3. The van der Waals surface area contributed by atoms with E-state index in [1.807, 2.05) is 12.1 Å². The van der Waals surface area contributed by atoms with Crippen LogP contribution in [-0.4, -0.2) is 55.2 Å². The van der Waals surface area contributed by atoms with Crippen LogP contribution in [0.25, 0.3) is 0 Å². The number of likely N-dealkylation sites (tertiary alicyclic amines) is 2. The van der Waals surface area contributed by atoms with E-state index >= 15 is 0 Å². The van der Waals surface area contributed by atoms with Crippen LogP contribution in [0.3, 0.4) is 0 Å². The van der Waals surface area contributed by atoms with E-state index < -0.39 is 0 Å². The van der Waals surface area contributed by atoms with Crippen LogP contribution in [0.4, 0.5) is 0 Å². The second-order valence-electron chi connectivity index (χ2n) is 8.30. The van der Waals surface area contributed by atoms with E-state index in [4.69, 9.17) is 9.47 Å². The second-order valence-corrected chi connectivity index (χ2v) is 8.30. The molecule has 0 aliphatic carbocycles. The Morgan fingerprint density at radius 2 is 1.82 bits per heavy atom. The fraction of sp³-hybridized carbons (Fsp3) is 0.522. The molecule has 0 radical (unpaired) electrons. The number of piperidine rings is 1. The Bertz CT molecular complexity index is 797. The Labute approximate surface area is 168 Å². The summed E-state index contributed by atoms with van der Waals surface area (Å²) in [5.74, 6) is 1.70. The van der Waals surface area contributed by atoms with Crippen molar-refractivity contribution in [2.75, 3.05) is 40.4 Å². The molecule has 150 valence electrons. The molecule has 2 saturated heterocycles. The lowest BCUT2D eigenvalue weighted by Gasteiger charge is -2.40. The smallest absolute Gasteiger partial charge is 0.217 e. The lowest BCUT2D eigenvalue weighted by atomic mass is 9.79. The number of pyridine rings is 1. The van der Waals surface area contributed by atoms with Gasteiger partial charge in [-0.05, 0) is 61.5 Å². The van der Waals surface area contributed by atoms with Crippen molar-refractivity contribution in [1.29, 1.82) is 0 Å². The molecule has 4 rings (SSSR count). The summed E-state index contributed by atoms with van der Waals surface area (Å²) in [6, 6.07) is 12.6. The van der Waals surface area contributed by atoms with E-state index in [9.17, 15) is 0 Å². The van der Waals surface area contributed by atoms with Gasteiger partial charge in [0, 0.05) is 37.9 Å². The molecule has 1 aromatic heterocycles. The van der Waals surface area contributed by atoms with Crippen LogP contribution in [0.15, 0.2) is 42.6 Å². The van der Waals surface area contributed by atoms with Crippen LogP contribution in [0, 0.1) is 5.41 Å². The summed E-state index contributed by atoms with van der Waals surface area (Å²) >= 11 is 0. The molecule has 2 fully saturated rings. The van der Waals surface area contributed by atoms with Crippen LogP contribution in [0.1, 0.15) is 30.4 Å². The third-order valence-electron chi connectivity index (χ3n) is 6.24. The molecule has 2 aliphatic heterocycles. The minimum absolute atomic E-state index is 0.423. The highest BCUT2D eigenvalue weighted by molar-refractivity contribution is 5.28. The zero-order valence-electron chi connectivity index (χ0n) is 17.1. The SMILES string of the molecule is COc1cccc(CN2CCC[C@@]3(CCN(Cc4cccnc4OC)C3)C2)c1. The largest absolute Gasteiger partial charge is 0.497 e. The van der Waals surface area contributed by atoms with Crippen molar-refractivity contribution >= 4 is 0 Å². The molecule has 2 aromatic rings. The Balaban J connectivity index is 1.38. The van der Waals surface area contributed by atoms with Gasteiger partial charge in [-0.25, -0.2) is 4.98 Å². The summed E-state index contributed by atoms with van der Waals surface area (Å²) in [5.41, 5.74) is 2.95. The van der Waals surface area contributed by atoms with Crippen LogP contribution in [-0.2, 0) is 13.1 Å². The fourth-order valence-electron chi connectivity index (χ4n) is 4.94. The van der Waals surface area contributed by atoms with Gasteiger partial charge in [0.15, 0.2) is 0 Å². The number of hydrogen-bond acceptors (Lipinski definition) is 5. The van der Waals surface area contributed by atoms with E-state index in [0.29, 0.717) is 5.41 Å². The van der Waals surface area contributed by atoms with Crippen LogP contribution >= 0.6 is 0 Å². The Hall–Kier alpha value is -2.11. The number of methoxy groups -OCH3 is 2. The van der Waals surface area contributed by atoms with Crippen molar-refractivity contribution in [2.45, 2.75) is 32.4 Å². The summed E-state index contributed by atoms with van der Waals surface area (Å²) in [7, 11) is 3.44. The monoisotopic (exact) mass is 381 g/mol. The minimum Gasteiger partial charge on any atom is -0.497 e. The molecule has 28 heavy (non-hydrogen) atoms. The van der Waals surface area contributed by atoms with E-state index in [1.165, 1.54) is 50.0 Å². The second kappa shape index (κ2) is 8.50. The highest BCUT2D eigenvalue weighted by Gasteiger charge is 2.41. The number of hydrogen-bond donors (Lipinski definition) is 0. The summed E-state index contributed by atoms with van der Waals surface area (Å²) in [5, 5.41) is 0. The molecule has 1 aromatic carbocycles. The van der Waals surface area contributed by atoms with Gasteiger partial charge in [-0.1, -0.05) is 18.2 Å². The summed E-state index contributed by atoms with van der Waals surface area (Å²) < 4.78 is 10.8. The molecule has 1 spiro atoms. The zero-order valence-corrected chi connectivity index (χ0v) is 17.1. The maximum atomic E-state index is 5.44. The van der Waals surface area contributed by atoms with Crippen molar-refractivity contribution in [1.82, 2.24) is 14.8 Å². The molecule has 3 heterocycles. The van der Waals surface area contributed by atoms with Crippen molar-refractivity contribution in [3.05, 3.63) is 53.7 Å². The maximum absolute atomic E-state index is 5.44. The Morgan fingerprint density at radius 1 is 0.964 bits per heavy atom. The quantitative estimate of drug-likeness (QED) is 0.765. The first-order valence-corrected chi connectivity index (χ1v) is 10.3. The predicted octanol–water partition coefficient (Wildman–Crippen LogP) is 3.59. The molecule has 0 bridgehead atoms. The third-order valence-corrected chi connectivity index (χ3v) is 6.24. The third kappa shape index (κ3) is 4.31. The molecule has 2 aliphatic rings. The first-order chi connectivity index (χ1) is 13.7. The normalized spacial score (nSPS) is 23.2. The highest BCUT2D eigenvalue weighted by Crippen LogP contribution is 2.40. The van der Waals surface area contributed by atoms with Gasteiger partial charge in [0.2, 0.25) is 5.88 Å². The van der Waals surface area contributed by atoms with E-state index in [1.54, 1.807) is 20.4 Å². The number of aromatic nitrogens is 1. The van der Waals surface area contributed by atoms with Crippen molar-refractivity contribution in [3.63, 3.8) is 0 Å². The standard InChI is InChI=1S/C23H31N3O2/c1-27-21-8-3-6-19(14-21)15-25-12-5-9-23(17-25)10-13-26(18-23)16-20-7-4-11-24-22(20)28-2/h3-4,6-8,11,14H,5,9-10,12-13,15-18H2,1-2H3/t23-/m1/s1. The van der Waals surface area contributed by atoms with Gasteiger partial charge in [-0.2, -0.15) is 0 Å². The molecule has 5 heteroatoms. The van der Waals surface area contributed by atoms with Gasteiger partial charge < -0.3 is 9.47 Å². The molecule has 0 unspecified atom stereocenters. The minimum atomic E-state index is 0.423. The van der Waals surface area contributed by atoms with Gasteiger partial charge in [0.1, 0.15) is 5.75 Å². The lowest BCUT2D eigenvalue weighted by molar-refractivity contribution is 0.0864. The topological polar surface area (TPSA) is 37.8 Å². The predicted molar refractivity (Wildman–Crippen MR) is 111 cm³/mol. The van der Waals surface area contributed by atoms with Gasteiger partial charge in [0.05, 0.1) is 14.2 Å². The first-order valence-electron chi connectivity index (χ1n) is 10.3. The van der Waals surface area contributed by atoms with Crippen molar-refractivity contribution in [2.24, 2.45) is 5.41 Å². The summed E-state index contributed by atoms with van der Waals surface area (Å²) in [4.78, 5) is 9.56. The average molecular weight is 382 g/mol. The Morgan fingerprint density at radius 3 is 2.64 bits per heavy atom. The molecule has 0 N–H and O–H groups in total. The summed E-state index contributed by atoms with van der Waals surface area (Å²) in [6.07, 6.45) is 5.70. The van der Waals surface area contributed by atoms with Gasteiger partial charge in [-0.3, -0.25) is 9.80 Å². The van der Waals surface area contributed by atoms with Crippen LogP contribution < -0.4 is 9.47 Å². The van der Waals surface area contributed by atoms with Gasteiger partial charge in [-0.15, -0.1) is 0 Å². The molecule has 0 saturated carbocycles. The lowest BCUT2D eigenvalue weighted by Crippen LogP contribution is -2.44. The van der Waals surface area contributed by atoms with E-state index in [2.05, 4.69) is 39.0 Å². The van der Waals surface area contributed by atoms with Gasteiger partial charge >= 0.3 is 0 Å². The molecule has 5 nitrogen and oxygen atoms in total. The zero-order chi connectivity index (χ0) is 19.4. The number of benzene rings is 1. The van der Waals surface area contributed by atoms with Gasteiger partial charge in [0.25, 0.3) is 0 Å². The highest BCUT2D eigenvalue weighted by atomic mass is 16.5. The fourth-order valence-corrected chi connectivity index (χ4v) is 4.94. The van der Waals surface area contributed by atoms with Crippen LogP contribution in [0.5, 0.6) is 11.6 Å². The average Bonchev–Trinajstić information content (AvgIpc) is 3.10. The number of ether oxygens (including phenoxy) is 2.